The molecular weight excluding hydrogens is 408 g/mol. The third kappa shape index (κ3) is 6.08. The first-order valence-electron chi connectivity index (χ1n) is 8.94. The van der Waals surface area contributed by atoms with Crippen molar-refractivity contribution in [1.29, 1.82) is 0 Å². The number of rotatable bonds is 7. The van der Waals surface area contributed by atoms with Gasteiger partial charge in [-0.2, -0.15) is 0 Å². The Morgan fingerprint density at radius 1 is 1.29 bits per heavy atom. The molecule has 0 aliphatic carbocycles. The normalized spacial score (nSPS) is 15.9. The standard InChI is InChI=1S/C18H25ClN2O6S/c1-4-26-17(22)12-20(2)18(23)13-5-6-16(15(19)11-13)27-14-7-9-21(10-8-14)28(3,24)25/h5-6,11,14H,4,7-10,12H2,1-3H3. The van der Waals surface area contributed by atoms with Gasteiger partial charge in [0.15, 0.2) is 0 Å². The SMILES string of the molecule is CCOC(=O)CN(C)C(=O)c1ccc(OC2CCN(S(C)(=O)=O)CC2)c(Cl)c1. The van der Waals surface area contributed by atoms with Crippen molar-refractivity contribution >= 4 is 33.5 Å². The first kappa shape index (κ1) is 22.4. The molecule has 1 heterocycles. The van der Waals surface area contributed by atoms with E-state index in [4.69, 9.17) is 21.1 Å². The molecule has 0 unspecified atom stereocenters. The van der Waals surface area contributed by atoms with Crippen LogP contribution in [0.4, 0.5) is 0 Å². The average molecular weight is 433 g/mol. The van der Waals surface area contributed by atoms with Gasteiger partial charge in [-0.1, -0.05) is 11.6 Å². The van der Waals surface area contributed by atoms with Crippen LogP contribution in [0.5, 0.6) is 5.75 Å². The Morgan fingerprint density at radius 3 is 2.46 bits per heavy atom. The molecule has 28 heavy (non-hydrogen) atoms. The smallest absolute Gasteiger partial charge is 0.325 e. The van der Waals surface area contributed by atoms with E-state index in [0.717, 1.165) is 0 Å². The maximum absolute atomic E-state index is 12.4. The summed E-state index contributed by atoms with van der Waals surface area (Å²) in [6.07, 6.45) is 2.17. The fraction of sp³-hybridized carbons (Fsp3) is 0.556. The average Bonchev–Trinajstić information content (AvgIpc) is 2.62. The topological polar surface area (TPSA) is 93.2 Å². The van der Waals surface area contributed by atoms with E-state index in [9.17, 15) is 18.0 Å². The molecule has 8 nitrogen and oxygen atoms in total. The fourth-order valence-electron chi connectivity index (χ4n) is 2.88. The van der Waals surface area contributed by atoms with Crippen LogP contribution in [0.2, 0.25) is 5.02 Å². The Kier molecular flexibility index (Phi) is 7.68. The molecule has 1 aromatic carbocycles. The first-order valence-corrected chi connectivity index (χ1v) is 11.2. The van der Waals surface area contributed by atoms with E-state index in [1.807, 2.05) is 0 Å². The molecule has 1 amide bonds. The van der Waals surface area contributed by atoms with Crippen LogP contribution in [0.25, 0.3) is 0 Å². The van der Waals surface area contributed by atoms with Crippen molar-refractivity contribution in [2.75, 3.05) is 39.5 Å². The number of hydrogen-bond acceptors (Lipinski definition) is 6. The second-order valence-corrected chi connectivity index (χ2v) is 8.98. The van der Waals surface area contributed by atoms with Gasteiger partial charge in [0.05, 0.1) is 17.9 Å². The Labute approximate surface area is 170 Å². The van der Waals surface area contributed by atoms with E-state index < -0.39 is 16.0 Å². The van der Waals surface area contributed by atoms with Crippen LogP contribution >= 0.6 is 11.6 Å². The molecule has 1 aliphatic heterocycles. The molecule has 0 spiro atoms. The summed E-state index contributed by atoms with van der Waals surface area (Å²) >= 11 is 6.26. The number of piperidine rings is 1. The number of nitrogens with zero attached hydrogens (tertiary/aromatic N) is 2. The Balaban J connectivity index is 1.97. The van der Waals surface area contributed by atoms with E-state index in [1.165, 1.54) is 28.6 Å². The van der Waals surface area contributed by atoms with Gasteiger partial charge in [0.25, 0.3) is 5.91 Å². The zero-order chi connectivity index (χ0) is 20.9. The molecule has 0 saturated carbocycles. The number of carbonyl (C=O) groups is 2. The molecule has 1 saturated heterocycles. The predicted octanol–water partition coefficient (Wildman–Crippen LogP) is 1.78. The van der Waals surface area contributed by atoms with Gasteiger partial charge >= 0.3 is 5.97 Å². The summed E-state index contributed by atoms with van der Waals surface area (Å²) in [4.78, 5) is 25.2. The fourth-order valence-corrected chi connectivity index (χ4v) is 3.98. The molecular formula is C18H25ClN2O6S. The minimum absolute atomic E-state index is 0.150. The molecule has 0 bridgehead atoms. The minimum atomic E-state index is -3.19. The Hall–Kier alpha value is -1.84. The van der Waals surface area contributed by atoms with Crippen LogP contribution in [0, 0.1) is 0 Å². The van der Waals surface area contributed by atoms with E-state index in [1.54, 1.807) is 19.1 Å². The number of carbonyl (C=O) groups excluding carboxylic acids is 2. The lowest BCUT2D eigenvalue weighted by molar-refractivity contribution is -0.143. The Morgan fingerprint density at radius 2 is 1.93 bits per heavy atom. The van der Waals surface area contributed by atoms with Crippen molar-refractivity contribution in [2.24, 2.45) is 0 Å². The largest absolute Gasteiger partial charge is 0.489 e. The van der Waals surface area contributed by atoms with Gasteiger partial charge in [0.1, 0.15) is 18.4 Å². The minimum Gasteiger partial charge on any atom is -0.489 e. The third-order valence-electron chi connectivity index (χ3n) is 4.36. The number of amides is 1. The monoisotopic (exact) mass is 432 g/mol. The number of halogens is 1. The quantitative estimate of drug-likeness (QED) is 0.610. The van der Waals surface area contributed by atoms with Crippen molar-refractivity contribution in [1.82, 2.24) is 9.21 Å². The summed E-state index contributed by atoms with van der Waals surface area (Å²) in [6, 6.07) is 4.68. The van der Waals surface area contributed by atoms with Crippen LogP contribution in [-0.4, -0.2) is 75.1 Å². The highest BCUT2D eigenvalue weighted by molar-refractivity contribution is 7.88. The number of benzene rings is 1. The number of esters is 1. The lowest BCUT2D eigenvalue weighted by Gasteiger charge is -2.30. The number of ether oxygens (including phenoxy) is 2. The van der Waals surface area contributed by atoms with Crippen LogP contribution < -0.4 is 4.74 Å². The molecule has 156 valence electrons. The maximum atomic E-state index is 12.4. The highest BCUT2D eigenvalue weighted by Crippen LogP contribution is 2.29. The predicted molar refractivity (Wildman–Crippen MR) is 105 cm³/mol. The summed E-state index contributed by atoms with van der Waals surface area (Å²) in [5.41, 5.74) is 0.330. The lowest BCUT2D eigenvalue weighted by Crippen LogP contribution is -2.41. The van der Waals surface area contributed by atoms with Crippen molar-refractivity contribution in [3.8, 4) is 5.75 Å². The molecule has 0 atom stereocenters. The molecule has 1 aromatic rings. The van der Waals surface area contributed by atoms with Crippen LogP contribution in [-0.2, 0) is 19.6 Å². The number of sulfonamides is 1. The van der Waals surface area contributed by atoms with Gasteiger partial charge in [-0.3, -0.25) is 9.59 Å². The second kappa shape index (κ2) is 9.58. The molecule has 1 fully saturated rings. The summed E-state index contributed by atoms with van der Waals surface area (Å²) in [6.45, 7) is 2.60. The van der Waals surface area contributed by atoms with Crippen molar-refractivity contribution in [3.05, 3.63) is 28.8 Å². The zero-order valence-corrected chi connectivity index (χ0v) is 17.8. The molecule has 2 rings (SSSR count). The third-order valence-corrected chi connectivity index (χ3v) is 5.96. The van der Waals surface area contributed by atoms with Crippen LogP contribution in [0.3, 0.4) is 0 Å². The Bertz CT molecular complexity index is 821. The van der Waals surface area contributed by atoms with Crippen molar-refractivity contribution in [2.45, 2.75) is 25.9 Å². The second-order valence-electron chi connectivity index (χ2n) is 6.59. The van der Waals surface area contributed by atoms with Gasteiger partial charge in [0.2, 0.25) is 10.0 Å². The van der Waals surface area contributed by atoms with Crippen LogP contribution in [0.15, 0.2) is 18.2 Å². The maximum Gasteiger partial charge on any atom is 0.325 e. The summed E-state index contributed by atoms with van der Waals surface area (Å²) in [7, 11) is -1.68. The van der Waals surface area contributed by atoms with Crippen molar-refractivity contribution in [3.63, 3.8) is 0 Å². The summed E-state index contributed by atoms with van der Waals surface area (Å²) in [5, 5.41) is 0.279. The van der Waals surface area contributed by atoms with Gasteiger partial charge < -0.3 is 14.4 Å². The van der Waals surface area contributed by atoms with E-state index in [-0.39, 0.29) is 30.2 Å². The van der Waals surface area contributed by atoms with E-state index >= 15 is 0 Å². The van der Waals surface area contributed by atoms with Gasteiger partial charge in [-0.05, 0) is 38.0 Å². The molecule has 1 aliphatic rings. The summed E-state index contributed by atoms with van der Waals surface area (Å²) < 4.78 is 35.3. The zero-order valence-electron chi connectivity index (χ0n) is 16.2. The van der Waals surface area contributed by atoms with Gasteiger partial charge in [-0.15, -0.1) is 0 Å². The first-order chi connectivity index (χ1) is 13.1. The van der Waals surface area contributed by atoms with Crippen LogP contribution in [0.1, 0.15) is 30.1 Å². The van der Waals surface area contributed by atoms with Crippen molar-refractivity contribution < 1.29 is 27.5 Å². The molecule has 10 heteroatoms. The van der Waals surface area contributed by atoms with E-state index in [0.29, 0.717) is 37.2 Å². The molecule has 0 radical (unpaired) electrons. The van der Waals surface area contributed by atoms with Gasteiger partial charge in [-0.25, -0.2) is 12.7 Å². The number of hydrogen-bond donors (Lipinski definition) is 0. The lowest BCUT2D eigenvalue weighted by atomic mass is 10.1. The highest BCUT2D eigenvalue weighted by Gasteiger charge is 2.26. The number of likely N-dealkylation sites (N-methyl/N-ethyl adjacent to an activating group) is 1. The molecule has 0 N–H and O–H groups in total. The molecule has 0 aromatic heterocycles. The highest BCUT2D eigenvalue weighted by atomic mass is 35.5. The summed E-state index contributed by atoms with van der Waals surface area (Å²) in [5.74, 6) is -0.406. The van der Waals surface area contributed by atoms with E-state index in [2.05, 4.69) is 0 Å². The van der Waals surface area contributed by atoms with Gasteiger partial charge in [0, 0.05) is 25.7 Å².